The van der Waals surface area contributed by atoms with Gasteiger partial charge in [0.1, 0.15) is 5.82 Å². The molecule has 30 heavy (non-hydrogen) atoms. The fourth-order valence-corrected chi connectivity index (χ4v) is 6.74. The molecule has 5 nitrogen and oxygen atoms in total. The van der Waals surface area contributed by atoms with Gasteiger partial charge in [0.15, 0.2) is 0 Å². The molecular formula is C24H29FN2O3. The Balaban J connectivity index is 1.19. The van der Waals surface area contributed by atoms with Gasteiger partial charge >= 0.3 is 0 Å². The molecule has 1 aromatic rings. The summed E-state index contributed by atoms with van der Waals surface area (Å²) in [6, 6.07) is 6.83. The van der Waals surface area contributed by atoms with E-state index in [9.17, 15) is 18.8 Å². The van der Waals surface area contributed by atoms with Gasteiger partial charge in [-0.05, 0) is 55.6 Å². The van der Waals surface area contributed by atoms with Crippen LogP contribution in [-0.2, 0) is 19.8 Å². The van der Waals surface area contributed by atoms with Gasteiger partial charge in [0, 0.05) is 24.9 Å². The maximum atomic E-state index is 14.4. The Morgan fingerprint density at radius 3 is 2.33 bits per heavy atom. The van der Waals surface area contributed by atoms with E-state index in [2.05, 4.69) is 5.32 Å². The summed E-state index contributed by atoms with van der Waals surface area (Å²) in [6.07, 6.45) is 6.97. The molecule has 1 N–H and O–H groups in total. The molecule has 1 aromatic carbocycles. The molecule has 3 aliphatic carbocycles. The van der Waals surface area contributed by atoms with E-state index in [0.717, 1.165) is 44.9 Å². The van der Waals surface area contributed by atoms with Gasteiger partial charge in [-0.2, -0.15) is 0 Å². The molecule has 3 amide bonds. The van der Waals surface area contributed by atoms with Crippen molar-refractivity contribution < 1.29 is 18.8 Å². The zero-order chi connectivity index (χ0) is 20.9. The zero-order valence-electron chi connectivity index (χ0n) is 17.2. The van der Waals surface area contributed by atoms with E-state index >= 15 is 0 Å². The van der Waals surface area contributed by atoms with E-state index in [4.69, 9.17) is 0 Å². The lowest BCUT2D eigenvalue weighted by atomic mass is 9.78. The molecule has 0 aromatic heterocycles. The zero-order valence-corrected chi connectivity index (χ0v) is 17.2. The van der Waals surface area contributed by atoms with Crippen molar-refractivity contribution in [3.05, 3.63) is 35.6 Å². The van der Waals surface area contributed by atoms with Crippen molar-refractivity contribution in [2.24, 2.45) is 23.7 Å². The van der Waals surface area contributed by atoms with Gasteiger partial charge in [-0.25, -0.2) is 4.39 Å². The average molecular weight is 413 g/mol. The Hall–Kier alpha value is -2.24. The molecule has 4 fully saturated rings. The molecule has 0 radical (unpaired) electrons. The Morgan fingerprint density at radius 2 is 1.70 bits per heavy atom. The Kier molecular flexibility index (Phi) is 4.91. The van der Waals surface area contributed by atoms with Gasteiger partial charge in [-0.3, -0.25) is 19.3 Å². The maximum Gasteiger partial charge on any atom is 0.233 e. The quantitative estimate of drug-likeness (QED) is 0.730. The number of benzene rings is 1. The predicted molar refractivity (Wildman–Crippen MR) is 109 cm³/mol. The lowest BCUT2D eigenvalue weighted by Gasteiger charge is -2.30. The van der Waals surface area contributed by atoms with E-state index < -0.39 is 0 Å². The number of rotatable bonds is 6. The summed E-state index contributed by atoms with van der Waals surface area (Å²) >= 11 is 0. The SMILES string of the molecule is O=C(CCN1C(=O)[C@@H]2[C@H]3CC[C@@H](C3)[C@@H]2C1=O)NCC1(c2ccccc2F)CCCC1. The van der Waals surface area contributed by atoms with Crippen LogP contribution in [0.2, 0.25) is 0 Å². The first-order valence-electron chi connectivity index (χ1n) is 11.4. The van der Waals surface area contributed by atoms with Crippen molar-refractivity contribution in [1.29, 1.82) is 0 Å². The van der Waals surface area contributed by atoms with Crippen LogP contribution in [0.5, 0.6) is 0 Å². The fourth-order valence-electron chi connectivity index (χ4n) is 6.74. The minimum atomic E-state index is -0.365. The Labute approximate surface area is 176 Å². The summed E-state index contributed by atoms with van der Waals surface area (Å²) < 4.78 is 14.4. The number of hydrogen-bond acceptors (Lipinski definition) is 3. The standard InChI is InChI=1S/C24H29FN2O3/c25-18-6-2-1-5-17(18)24(10-3-4-11-24)14-26-19(28)9-12-27-22(29)20-15-7-8-16(13-15)21(20)23(27)30/h1-2,5-6,15-16,20-21H,3-4,7-14H2,(H,26,28)/t15-,16-,20-,21+/m0/s1. The number of amides is 3. The van der Waals surface area contributed by atoms with Gasteiger partial charge in [0.2, 0.25) is 17.7 Å². The molecule has 5 rings (SSSR count). The monoisotopic (exact) mass is 412 g/mol. The number of carbonyl (C=O) groups is 3. The van der Waals surface area contributed by atoms with E-state index in [1.54, 1.807) is 6.07 Å². The van der Waals surface area contributed by atoms with Crippen molar-refractivity contribution in [1.82, 2.24) is 10.2 Å². The van der Waals surface area contributed by atoms with Gasteiger partial charge < -0.3 is 5.32 Å². The third-order valence-electron chi connectivity index (χ3n) is 8.21. The number of halogens is 1. The van der Waals surface area contributed by atoms with Crippen molar-refractivity contribution in [2.45, 2.75) is 56.8 Å². The first-order valence-corrected chi connectivity index (χ1v) is 11.4. The van der Waals surface area contributed by atoms with Crippen LogP contribution >= 0.6 is 0 Å². The lowest BCUT2D eigenvalue weighted by Crippen LogP contribution is -2.41. The second-order valence-electron chi connectivity index (χ2n) is 9.71. The molecule has 1 saturated heterocycles. The second-order valence-corrected chi connectivity index (χ2v) is 9.71. The molecule has 4 atom stereocenters. The highest BCUT2D eigenvalue weighted by Gasteiger charge is 2.60. The van der Waals surface area contributed by atoms with Crippen molar-refractivity contribution in [3.63, 3.8) is 0 Å². The summed E-state index contributed by atoms with van der Waals surface area (Å²) in [5.74, 6) is -0.0886. The van der Waals surface area contributed by atoms with E-state index in [1.165, 1.54) is 11.0 Å². The molecule has 0 spiro atoms. The van der Waals surface area contributed by atoms with E-state index in [0.29, 0.717) is 23.9 Å². The molecule has 1 heterocycles. The number of hydrogen-bond donors (Lipinski definition) is 1. The molecule has 3 saturated carbocycles. The van der Waals surface area contributed by atoms with E-state index in [-0.39, 0.29) is 53.8 Å². The third-order valence-corrected chi connectivity index (χ3v) is 8.21. The van der Waals surface area contributed by atoms with Gasteiger partial charge in [-0.1, -0.05) is 31.0 Å². The molecule has 160 valence electrons. The highest BCUT2D eigenvalue weighted by Crippen LogP contribution is 2.56. The number of nitrogens with one attached hydrogen (secondary N) is 1. The van der Waals surface area contributed by atoms with Gasteiger partial charge in [0.05, 0.1) is 11.8 Å². The maximum absolute atomic E-state index is 14.4. The van der Waals surface area contributed by atoms with Gasteiger partial charge in [0.25, 0.3) is 0 Å². The summed E-state index contributed by atoms with van der Waals surface area (Å²) in [6.45, 7) is 0.548. The summed E-state index contributed by atoms with van der Waals surface area (Å²) in [5.41, 5.74) is 0.312. The first kappa shape index (κ1) is 19.7. The minimum Gasteiger partial charge on any atom is -0.355 e. The molecule has 6 heteroatoms. The fraction of sp³-hybridized carbons (Fsp3) is 0.625. The lowest BCUT2D eigenvalue weighted by molar-refractivity contribution is -0.141. The van der Waals surface area contributed by atoms with Crippen LogP contribution in [0.25, 0.3) is 0 Å². The van der Waals surface area contributed by atoms with Crippen LogP contribution in [0.4, 0.5) is 4.39 Å². The summed E-state index contributed by atoms with van der Waals surface area (Å²) in [7, 11) is 0. The van der Waals surface area contributed by atoms with Gasteiger partial charge in [-0.15, -0.1) is 0 Å². The van der Waals surface area contributed by atoms with Crippen LogP contribution in [0.15, 0.2) is 24.3 Å². The molecule has 0 unspecified atom stereocenters. The number of likely N-dealkylation sites (tertiary alicyclic amines) is 1. The predicted octanol–water partition coefficient (Wildman–Crippen LogP) is 3.17. The third kappa shape index (κ3) is 3.07. The normalized spacial score (nSPS) is 31.4. The van der Waals surface area contributed by atoms with Crippen molar-refractivity contribution >= 4 is 17.7 Å². The van der Waals surface area contributed by atoms with Crippen molar-refractivity contribution in [3.8, 4) is 0 Å². The topological polar surface area (TPSA) is 66.5 Å². The smallest absolute Gasteiger partial charge is 0.233 e. The largest absolute Gasteiger partial charge is 0.355 e. The van der Waals surface area contributed by atoms with Crippen LogP contribution in [0.1, 0.15) is 56.9 Å². The van der Waals surface area contributed by atoms with E-state index in [1.807, 2.05) is 12.1 Å². The summed E-state index contributed by atoms with van der Waals surface area (Å²) in [5, 5.41) is 2.97. The summed E-state index contributed by atoms with van der Waals surface area (Å²) in [4.78, 5) is 39.4. The van der Waals surface area contributed by atoms with Crippen LogP contribution in [0.3, 0.4) is 0 Å². The molecular weight excluding hydrogens is 383 g/mol. The average Bonchev–Trinajstić information content (AvgIpc) is 3.51. The van der Waals surface area contributed by atoms with Crippen molar-refractivity contribution in [2.75, 3.05) is 13.1 Å². The van der Waals surface area contributed by atoms with Crippen LogP contribution < -0.4 is 5.32 Å². The highest BCUT2D eigenvalue weighted by atomic mass is 19.1. The Morgan fingerprint density at radius 1 is 1.07 bits per heavy atom. The minimum absolute atomic E-state index is 0.0661. The number of fused-ring (bicyclic) bond motifs is 5. The number of carbonyl (C=O) groups excluding carboxylic acids is 3. The molecule has 2 bridgehead atoms. The van der Waals surface area contributed by atoms with Crippen LogP contribution in [0, 0.1) is 29.5 Å². The van der Waals surface area contributed by atoms with Crippen LogP contribution in [-0.4, -0.2) is 35.7 Å². The number of imide groups is 1. The molecule has 4 aliphatic rings. The number of nitrogens with zero attached hydrogens (tertiary/aromatic N) is 1. The molecule has 1 aliphatic heterocycles. The Bertz CT molecular complexity index is 851. The first-order chi connectivity index (χ1) is 14.5. The highest BCUT2D eigenvalue weighted by molar-refractivity contribution is 6.06. The second kappa shape index (κ2) is 7.47.